The highest BCUT2D eigenvalue weighted by atomic mass is 16.5. The molecule has 158 valence electrons. The van der Waals surface area contributed by atoms with Crippen LogP contribution < -0.4 is 0 Å². The molecule has 1 aromatic carbocycles. The van der Waals surface area contributed by atoms with E-state index in [1.54, 1.807) is 0 Å². The molecule has 5 heteroatoms. The Hall–Kier alpha value is -2.26. The van der Waals surface area contributed by atoms with Crippen LogP contribution in [0.4, 0.5) is 0 Å². The lowest BCUT2D eigenvalue weighted by Gasteiger charge is -2.50. The smallest absolute Gasteiger partial charge is 0.101 e. The van der Waals surface area contributed by atoms with Crippen molar-refractivity contribution in [1.29, 1.82) is 5.26 Å². The largest absolute Gasteiger partial charge is 0.381 e. The number of piperazine rings is 1. The second-order valence-electron chi connectivity index (χ2n) is 8.64. The summed E-state index contributed by atoms with van der Waals surface area (Å²) in [7, 11) is 0. The fourth-order valence-electron chi connectivity index (χ4n) is 4.95. The first-order valence-electron chi connectivity index (χ1n) is 11.1. The molecule has 0 amide bonds. The number of aryl methyl sites for hydroxylation is 2. The number of aromatic nitrogens is 1. The van der Waals surface area contributed by atoms with Gasteiger partial charge in [-0.25, -0.2) is 0 Å². The number of hydrogen-bond donors (Lipinski definition) is 0. The highest BCUT2D eigenvalue weighted by molar-refractivity contribution is 5.34. The fourth-order valence-corrected chi connectivity index (χ4v) is 4.95. The van der Waals surface area contributed by atoms with Crippen molar-refractivity contribution in [1.82, 2.24) is 14.8 Å². The lowest BCUT2D eigenvalue weighted by molar-refractivity contribution is -0.0522. The van der Waals surface area contributed by atoms with Crippen LogP contribution in [0.25, 0.3) is 0 Å². The van der Waals surface area contributed by atoms with Crippen molar-refractivity contribution in [2.75, 3.05) is 39.4 Å². The van der Waals surface area contributed by atoms with Gasteiger partial charge in [0, 0.05) is 57.2 Å². The van der Waals surface area contributed by atoms with E-state index in [1.807, 2.05) is 19.1 Å². The second-order valence-corrected chi connectivity index (χ2v) is 8.64. The molecular weight excluding hydrogens is 372 g/mol. The molecule has 4 rings (SSSR count). The standard InChI is InChI=1S/C25H32N4O/c1-21-7-8-23(19-26)24(27-21)9-10-25(11-17-30-18-12-25)29-15-13-28(14-16-29)20-22-5-3-2-4-6-22/h2-8H,9-18,20H2,1H3. The molecule has 0 aliphatic carbocycles. The van der Waals surface area contributed by atoms with Crippen LogP contribution in [0.5, 0.6) is 0 Å². The Bertz CT molecular complexity index is 862. The first-order chi connectivity index (χ1) is 14.7. The van der Waals surface area contributed by atoms with E-state index in [9.17, 15) is 5.26 Å². The van der Waals surface area contributed by atoms with E-state index < -0.39 is 0 Å². The van der Waals surface area contributed by atoms with Gasteiger partial charge in [-0.3, -0.25) is 14.8 Å². The van der Waals surface area contributed by atoms with Gasteiger partial charge < -0.3 is 4.74 Å². The van der Waals surface area contributed by atoms with Crippen LogP contribution in [-0.2, 0) is 17.7 Å². The third-order valence-corrected chi connectivity index (χ3v) is 6.78. The van der Waals surface area contributed by atoms with Gasteiger partial charge in [0.25, 0.3) is 0 Å². The summed E-state index contributed by atoms with van der Waals surface area (Å²) in [6.45, 7) is 9.09. The van der Waals surface area contributed by atoms with Crippen molar-refractivity contribution in [2.24, 2.45) is 0 Å². The fraction of sp³-hybridized carbons (Fsp3) is 0.520. The van der Waals surface area contributed by atoms with Crippen LogP contribution in [0.3, 0.4) is 0 Å². The first kappa shape index (κ1) is 21.0. The molecule has 0 saturated carbocycles. The minimum absolute atomic E-state index is 0.162. The summed E-state index contributed by atoms with van der Waals surface area (Å²) < 4.78 is 5.73. The third kappa shape index (κ3) is 4.89. The number of nitriles is 1. The minimum Gasteiger partial charge on any atom is -0.381 e. The summed E-state index contributed by atoms with van der Waals surface area (Å²) in [5.74, 6) is 0. The maximum atomic E-state index is 9.48. The van der Waals surface area contributed by atoms with E-state index in [2.05, 4.69) is 51.2 Å². The SMILES string of the molecule is Cc1ccc(C#N)c(CCC2(N3CCN(Cc4ccccc4)CC3)CCOCC2)n1. The van der Waals surface area contributed by atoms with Crippen LogP contribution in [0.15, 0.2) is 42.5 Å². The number of nitrogens with zero attached hydrogens (tertiary/aromatic N) is 4. The van der Waals surface area contributed by atoms with Gasteiger partial charge in [-0.05, 0) is 50.3 Å². The van der Waals surface area contributed by atoms with E-state index in [0.717, 1.165) is 88.6 Å². The normalized spacial score (nSPS) is 20.0. The van der Waals surface area contributed by atoms with Crippen LogP contribution >= 0.6 is 0 Å². The van der Waals surface area contributed by atoms with Gasteiger partial charge in [0.15, 0.2) is 0 Å². The Labute approximate surface area is 180 Å². The summed E-state index contributed by atoms with van der Waals surface area (Å²) in [6.07, 6.45) is 4.04. The molecule has 2 aromatic rings. The molecule has 2 aliphatic rings. The second kappa shape index (κ2) is 9.70. The molecule has 0 atom stereocenters. The molecule has 0 radical (unpaired) electrons. The zero-order valence-electron chi connectivity index (χ0n) is 18.0. The lowest BCUT2D eigenvalue weighted by atomic mass is 9.82. The molecule has 0 bridgehead atoms. The maximum absolute atomic E-state index is 9.48. The molecular formula is C25H32N4O. The summed E-state index contributed by atoms with van der Waals surface area (Å²) in [5, 5.41) is 9.48. The van der Waals surface area contributed by atoms with Gasteiger partial charge in [0.2, 0.25) is 0 Å². The van der Waals surface area contributed by atoms with Crippen LogP contribution in [0.1, 0.15) is 41.8 Å². The summed E-state index contributed by atoms with van der Waals surface area (Å²) >= 11 is 0. The zero-order chi connectivity index (χ0) is 20.8. The average Bonchev–Trinajstić information content (AvgIpc) is 2.80. The molecule has 3 heterocycles. The molecule has 1 aromatic heterocycles. The number of benzene rings is 1. The topological polar surface area (TPSA) is 52.4 Å². The number of hydrogen-bond acceptors (Lipinski definition) is 5. The van der Waals surface area contributed by atoms with E-state index >= 15 is 0 Å². The highest BCUT2D eigenvalue weighted by Gasteiger charge is 2.39. The molecule has 0 N–H and O–H groups in total. The molecule has 0 spiro atoms. The Morgan fingerprint density at radius 3 is 2.47 bits per heavy atom. The minimum atomic E-state index is 0.162. The average molecular weight is 405 g/mol. The zero-order valence-corrected chi connectivity index (χ0v) is 18.0. The Kier molecular flexibility index (Phi) is 6.79. The van der Waals surface area contributed by atoms with Crippen LogP contribution in [-0.4, -0.2) is 59.7 Å². The van der Waals surface area contributed by atoms with Crippen molar-refractivity contribution >= 4 is 0 Å². The molecule has 0 unspecified atom stereocenters. The van der Waals surface area contributed by atoms with Crippen LogP contribution in [0, 0.1) is 18.3 Å². The number of ether oxygens (including phenoxy) is 1. The summed E-state index contributed by atoms with van der Waals surface area (Å²) in [5.41, 5.74) is 4.21. The number of rotatable bonds is 6. The predicted molar refractivity (Wildman–Crippen MR) is 118 cm³/mol. The molecule has 2 aliphatic heterocycles. The van der Waals surface area contributed by atoms with Crippen LogP contribution in [0.2, 0.25) is 0 Å². The van der Waals surface area contributed by atoms with Gasteiger partial charge in [0.1, 0.15) is 6.07 Å². The van der Waals surface area contributed by atoms with Gasteiger partial charge in [-0.1, -0.05) is 30.3 Å². The third-order valence-electron chi connectivity index (χ3n) is 6.78. The molecule has 2 saturated heterocycles. The van der Waals surface area contributed by atoms with E-state index in [0.29, 0.717) is 0 Å². The quantitative estimate of drug-likeness (QED) is 0.737. The molecule has 5 nitrogen and oxygen atoms in total. The molecule has 30 heavy (non-hydrogen) atoms. The van der Waals surface area contributed by atoms with E-state index in [4.69, 9.17) is 4.74 Å². The first-order valence-corrected chi connectivity index (χ1v) is 11.1. The van der Waals surface area contributed by atoms with Crippen molar-refractivity contribution < 1.29 is 4.74 Å². The summed E-state index contributed by atoms with van der Waals surface area (Å²) in [6, 6.07) is 16.9. The van der Waals surface area contributed by atoms with E-state index in [1.165, 1.54) is 5.56 Å². The highest BCUT2D eigenvalue weighted by Crippen LogP contribution is 2.34. The Balaban J connectivity index is 1.41. The predicted octanol–water partition coefficient (Wildman–Crippen LogP) is 3.56. The Morgan fingerprint density at radius 2 is 1.77 bits per heavy atom. The van der Waals surface area contributed by atoms with Gasteiger partial charge in [0.05, 0.1) is 11.3 Å². The Morgan fingerprint density at radius 1 is 1.03 bits per heavy atom. The van der Waals surface area contributed by atoms with Crippen molar-refractivity contribution in [3.63, 3.8) is 0 Å². The maximum Gasteiger partial charge on any atom is 0.101 e. The summed E-state index contributed by atoms with van der Waals surface area (Å²) in [4.78, 5) is 9.95. The van der Waals surface area contributed by atoms with Crippen molar-refractivity contribution in [3.8, 4) is 6.07 Å². The number of pyridine rings is 1. The van der Waals surface area contributed by atoms with Crippen molar-refractivity contribution in [2.45, 2.75) is 44.7 Å². The lowest BCUT2D eigenvalue weighted by Crippen LogP contribution is -2.59. The van der Waals surface area contributed by atoms with Gasteiger partial charge in [-0.15, -0.1) is 0 Å². The van der Waals surface area contributed by atoms with Crippen molar-refractivity contribution in [3.05, 3.63) is 65.0 Å². The monoisotopic (exact) mass is 404 g/mol. The van der Waals surface area contributed by atoms with Gasteiger partial charge in [-0.2, -0.15) is 5.26 Å². The molecule has 2 fully saturated rings. The van der Waals surface area contributed by atoms with E-state index in [-0.39, 0.29) is 5.54 Å². The van der Waals surface area contributed by atoms with Gasteiger partial charge >= 0.3 is 0 Å².